The molecule has 1 fully saturated rings. The van der Waals surface area contributed by atoms with Gasteiger partial charge in [-0.2, -0.15) is 9.97 Å². The lowest BCUT2D eigenvalue weighted by molar-refractivity contribution is 0.777. The zero-order valence-electron chi connectivity index (χ0n) is 8.94. The van der Waals surface area contributed by atoms with Crippen molar-refractivity contribution in [1.29, 1.82) is 0 Å². The van der Waals surface area contributed by atoms with E-state index in [1.165, 1.54) is 12.8 Å². The smallest absolute Gasteiger partial charge is 0.226 e. The molecular weight excluding hydrogens is 226 g/mol. The highest BCUT2D eigenvalue weighted by Gasteiger charge is 2.23. The summed E-state index contributed by atoms with van der Waals surface area (Å²) < 4.78 is 1.96. The molecule has 0 atom stereocenters. The van der Waals surface area contributed by atoms with Crippen LogP contribution in [0.4, 0.5) is 5.82 Å². The highest BCUT2D eigenvalue weighted by atomic mass is 35.5. The molecule has 0 saturated heterocycles. The van der Waals surface area contributed by atoms with Gasteiger partial charge in [-0.05, 0) is 31.4 Å². The van der Waals surface area contributed by atoms with Gasteiger partial charge in [-0.25, -0.2) is 4.98 Å². The molecule has 1 aliphatic rings. The number of hydrogen-bond acceptors (Lipinski definition) is 4. The third-order valence-corrected chi connectivity index (χ3v) is 2.86. The number of aryl methyl sites for hydroxylation is 1. The zero-order valence-corrected chi connectivity index (χ0v) is 9.70. The number of fused-ring (bicyclic) bond motifs is 1. The van der Waals surface area contributed by atoms with Crippen LogP contribution in [0, 0.1) is 0 Å². The molecule has 0 aliphatic heterocycles. The summed E-state index contributed by atoms with van der Waals surface area (Å²) in [6.07, 6.45) is 4.16. The van der Waals surface area contributed by atoms with Crippen LogP contribution in [0.3, 0.4) is 0 Å². The number of halogens is 1. The third-order valence-electron chi connectivity index (χ3n) is 2.70. The maximum Gasteiger partial charge on any atom is 0.226 e. The summed E-state index contributed by atoms with van der Waals surface area (Å²) in [6.45, 7) is 2.87. The first-order valence-corrected chi connectivity index (χ1v) is 5.80. The second-order valence-corrected chi connectivity index (χ2v) is 4.30. The van der Waals surface area contributed by atoms with Crippen LogP contribution < -0.4 is 5.32 Å². The minimum Gasteiger partial charge on any atom is -0.365 e. The Balaban J connectivity index is 2.14. The molecule has 1 aliphatic carbocycles. The number of nitrogens with zero attached hydrogens (tertiary/aromatic N) is 4. The van der Waals surface area contributed by atoms with E-state index in [1.54, 1.807) is 6.33 Å². The molecule has 1 saturated carbocycles. The third kappa shape index (κ3) is 1.61. The van der Waals surface area contributed by atoms with Crippen molar-refractivity contribution < 1.29 is 0 Å². The van der Waals surface area contributed by atoms with Crippen LogP contribution in [0.1, 0.15) is 19.8 Å². The maximum absolute atomic E-state index is 5.91. The summed E-state index contributed by atoms with van der Waals surface area (Å²) in [6, 6.07) is 0.529. The van der Waals surface area contributed by atoms with Crippen molar-refractivity contribution in [3.8, 4) is 0 Å². The minimum atomic E-state index is 0.269. The molecule has 84 valence electrons. The molecule has 2 aromatic heterocycles. The van der Waals surface area contributed by atoms with Gasteiger partial charge in [0.2, 0.25) is 5.28 Å². The molecule has 0 aromatic carbocycles. The van der Waals surface area contributed by atoms with Crippen molar-refractivity contribution in [2.45, 2.75) is 32.4 Å². The van der Waals surface area contributed by atoms with Crippen molar-refractivity contribution >= 4 is 28.6 Å². The fraction of sp³-hybridized carbons (Fsp3) is 0.500. The molecule has 5 nitrogen and oxygen atoms in total. The van der Waals surface area contributed by atoms with E-state index in [9.17, 15) is 0 Å². The summed E-state index contributed by atoms with van der Waals surface area (Å²) in [5.74, 6) is 0.754. The lowest BCUT2D eigenvalue weighted by atomic mass is 10.4. The Labute approximate surface area is 97.9 Å². The van der Waals surface area contributed by atoms with Crippen molar-refractivity contribution in [2.75, 3.05) is 5.32 Å². The first-order valence-electron chi connectivity index (χ1n) is 5.43. The van der Waals surface area contributed by atoms with Gasteiger partial charge in [-0.1, -0.05) is 0 Å². The summed E-state index contributed by atoms with van der Waals surface area (Å²) >= 11 is 5.91. The first-order chi connectivity index (χ1) is 7.78. The largest absolute Gasteiger partial charge is 0.365 e. The standard InChI is InChI=1S/C10H12ClN5/c1-2-16-5-12-7-8(13-6-3-4-6)14-10(11)15-9(7)16/h5-6H,2-4H2,1H3,(H,13,14,15). The van der Waals surface area contributed by atoms with Crippen molar-refractivity contribution in [3.05, 3.63) is 11.6 Å². The monoisotopic (exact) mass is 237 g/mol. The zero-order chi connectivity index (χ0) is 11.1. The Morgan fingerprint density at radius 1 is 1.50 bits per heavy atom. The number of imidazole rings is 1. The fourth-order valence-corrected chi connectivity index (χ4v) is 1.84. The topological polar surface area (TPSA) is 55.6 Å². The van der Waals surface area contributed by atoms with Gasteiger partial charge in [-0.15, -0.1) is 0 Å². The molecule has 1 N–H and O–H groups in total. The van der Waals surface area contributed by atoms with E-state index in [1.807, 2.05) is 11.5 Å². The Bertz CT molecular complexity index is 531. The van der Waals surface area contributed by atoms with Gasteiger partial charge in [0.05, 0.1) is 6.33 Å². The molecule has 2 heterocycles. The van der Waals surface area contributed by atoms with E-state index >= 15 is 0 Å². The van der Waals surface area contributed by atoms with Crippen LogP contribution >= 0.6 is 11.6 Å². The van der Waals surface area contributed by atoms with Crippen molar-refractivity contribution in [3.63, 3.8) is 0 Å². The van der Waals surface area contributed by atoms with E-state index in [0.717, 1.165) is 23.5 Å². The second kappa shape index (κ2) is 3.59. The van der Waals surface area contributed by atoms with E-state index in [4.69, 9.17) is 11.6 Å². The molecule has 6 heteroatoms. The SMILES string of the molecule is CCn1cnc2c(NC3CC3)nc(Cl)nc21. The van der Waals surface area contributed by atoms with E-state index in [-0.39, 0.29) is 5.28 Å². The quantitative estimate of drug-likeness (QED) is 0.831. The predicted molar refractivity (Wildman–Crippen MR) is 62.7 cm³/mol. The van der Waals surface area contributed by atoms with Gasteiger partial charge in [0.15, 0.2) is 17.0 Å². The summed E-state index contributed by atoms with van der Waals surface area (Å²) in [5, 5.41) is 3.60. The van der Waals surface area contributed by atoms with Gasteiger partial charge in [0.1, 0.15) is 0 Å². The fourth-order valence-electron chi connectivity index (χ4n) is 1.67. The molecule has 2 aromatic rings. The number of aromatic nitrogens is 4. The van der Waals surface area contributed by atoms with Crippen LogP contribution in [0.15, 0.2) is 6.33 Å². The molecule has 0 unspecified atom stereocenters. The van der Waals surface area contributed by atoms with E-state index in [2.05, 4.69) is 20.3 Å². The second-order valence-electron chi connectivity index (χ2n) is 3.96. The minimum absolute atomic E-state index is 0.269. The summed E-state index contributed by atoms with van der Waals surface area (Å²) in [5.41, 5.74) is 1.60. The van der Waals surface area contributed by atoms with Crippen LogP contribution in [0.5, 0.6) is 0 Å². The average molecular weight is 238 g/mol. The molecule has 0 spiro atoms. The molecule has 0 radical (unpaired) electrons. The Kier molecular flexibility index (Phi) is 2.21. The van der Waals surface area contributed by atoms with Crippen LogP contribution in [-0.2, 0) is 6.54 Å². The van der Waals surface area contributed by atoms with Gasteiger partial charge in [0, 0.05) is 12.6 Å². The number of nitrogens with one attached hydrogen (secondary N) is 1. The molecular formula is C10H12ClN5. The number of rotatable bonds is 3. The number of anilines is 1. The summed E-state index contributed by atoms with van der Waals surface area (Å²) in [7, 11) is 0. The van der Waals surface area contributed by atoms with E-state index < -0.39 is 0 Å². The normalized spacial score (nSPS) is 15.6. The first kappa shape index (κ1) is 9.84. The van der Waals surface area contributed by atoms with Crippen molar-refractivity contribution in [2.24, 2.45) is 0 Å². The Morgan fingerprint density at radius 2 is 2.31 bits per heavy atom. The highest BCUT2D eigenvalue weighted by Crippen LogP contribution is 2.27. The van der Waals surface area contributed by atoms with Crippen molar-refractivity contribution in [1.82, 2.24) is 19.5 Å². The lowest BCUT2D eigenvalue weighted by Crippen LogP contribution is -2.05. The van der Waals surface area contributed by atoms with Crippen LogP contribution in [0.2, 0.25) is 5.28 Å². The summed E-state index contributed by atoms with van der Waals surface area (Å²) in [4.78, 5) is 12.7. The van der Waals surface area contributed by atoms with Gasteiger partial charge < -0.3 is 9.88 Å². The molecule has 0 amide bonds. The molecule has 0 bridgehead atoms. The van der Waals surface area contributed by atoms with Gasteiger partial charge >= 0.3 is 0 Å². The molecule has 16 heavy (non-hydrogen) atoms. The predicted octanol–water partition coefficient (Wildman–Crippen LogP) is 2.07. The maximum atomic E-state index is 5.91. The lowest BCUT2D eigenvalue weighted by Gasteiger charge is -2.05. The van der Waals surface area contributed by atoms with Crippen LogP contribution in [-0.4, -0.2) is 25.6 Å². The average Bonchev–Trinajstić information content (AvgIpc) is 2.96. The van der Waals surface area contributed by atoms with Gasteiger partial charge in [-0.3, -0.25) is 0 Å². The molecule has 3 rings (SSSR count). The van der Waals surface area contributed by atoms with E-state index in [0.29, 0.717) is 6.04 Å². The van der Waals surface area contributed by atoms with Crippen LogP contribution in [0.25, 0.3) is 11.2 Å². The highest BCUT2D eigenvalue weighted by molar-refractivity contribution is 6.28. The Morgan fingerprint density at radius 3 is 3.00 bits per heavy atom. The van der Waals surface area contributed by atoms with Gasteiger partial charge in [0.25, 0.3) is 0 Å². The Hall–Kier alpha value is -1.36. The number of hydrogen-bond donors (Lipinski definition) is 1.